The van der Waals surface area contributed by atoms with Crippen LogP contribution in [-0.2, 0) is 9.59 Å². The van der Waals surface area contributed by atoms with E-state index in [2.05, 4.69) is 13.8 Å². The van der Waals surface area contributed by atoms with E-state index in [-0.39, 0.29) is 31.7 Å². The van der Waals surface area contributed by atoms with E-state index in [0.717, 1.165) is 25.7 Å². The average molecular weight is 393 g/mol. The van der Waals surface area contributed by atoms with Crippen LogP contribution in [0.4, 0.5) is 0 Å². The Morgan fingerprint density at radius 2 is 0.786 bits per heavy atom. The quantitative estimate of drug-likeness (QED) is 0.140. The predicted molar refractivity (Wildman–Crippen MR) is 119 cm³/mol. The second-order valence-electron chi connectivity index (χ2n) is 8.14. The Morgan fingerprint density at radius 3 is 1.04 bits per heavy atom. The first-order chi connectivity index (χ1) is 13.0. The fourth-order valence-corrected chi connectivity index (χ4v) is 3.77. The zero-order valence-electron chi connectivity index (χ0n) is 17.9. The minimum absolute atomic E-state index is 0. The molecule has 0 fully saturated rings. The summed E-state index contributed by atoms with van der Waals surface area (Å²) in [5.74, 6) is -2.30. The number of aliphatic carboxylic acids is 2. The molecule has 162 valence electrons. The van der Waals surface area contributed by atoms with Crippen LogP contribution in [0.3, 0.4) is 0 Å². The molecule has 0 aromatic carbocycles. The van der Waals surface area contributed by atoms with Crippen LogP contribution in [0, 0.1) is 5.41 Å². The van der Waals surface area contributed by atoms with Crippen molar-refractivity contribution < 1.29 is 19.8 Å². The molecule has 0 amide bonds. The summed E-state index contributed by atoms with van der Waals surface area (Å²) in [6.45, 7) is 4.40. The molecule has 0 saturated carbocycles. The van der Waals surface area contributed by atoms with Gasteiger partial charge in [0.15, 0.2) is 5.41 Å². The van der Waals surface area contributed by atoms with Gasteiger partial charge in [0.1, 0.15) is 0 Å². The second-order valence-corrected chi connectivity index (χ2v) is 8.14. The molecule has 0 heterocycles. The summed E-state index contributed by atoms with van der Waals surface area (Å²) >= 11 is 0. The van der Waals surface area contributed by atoms with Gasteiger partial charge in [-0.3, -0.25) is 9.59 Å². The van der Waals surface area contributed by atoms with Crippen LogP contribution in [0.1, 0.15) is 129 Å². The Balaban J connectivity index is 0. The maximum atomic E-state index is 11.8. The molecular formula is C23H45LiO4. The van der Waals surface area contributed by atoms with Crippen molar-refractivity contribution in [3.8, 4) is 0 Å². The summed E-state index contributed by atoms with van der Waals surface area (Å²) in [4.78, 5) is 23.5. The SMILES string of the molecule is CCCCCCCCCCC(CCCCCCCCCC)(C(=O)O)C(=O)O.[LiH]. The topological polar surface area (TPSA) is 74.6 Å². The minimum atomic E-state index is -1.58. The summed E-state index contributed by atoms with van der Waals surface area (Å²) in [5, 5.41) is 19.2. The molecule has 0 aromatic rings. The predicted octanol–water partition coefficient (Wildman–Crippen LogP) is 6.56. The summed E-state index contributed by atoms with van der Waals surface area (Å²) in [6, 6.07) is 0. The van der Waals surface area contributed by atoms with E-state index in [4.69, 9.17) is 0 Å². The summed E-state index contributed by atoms with van der Waals surface area (Å²) < 4.78 is 0. The maximum absolute atomic E-state index is 11.8. The molecule has 5 heteroatoms. The van der Waals surface area contributed by atoms with Crippen molar-refractivity contribution in [2.75, 3.05) is 0 Å². The van der Waals surface area contributed by atoms with E-state index in [1.165, 1.54) is 64.2 Å². The Morgan fingerprint density at radius 1 is 0.536 bits per heavy atom. The average Bonchev–Trinajstić information content (AvgIpc) is 2.63. The fraction of sp³-hybridized carbons (Fsp3) is 0.913. The molecule has 28 heavy (non-hydrogen) atoms. The van der Waals surface area contributed by atoms with Gasteiger partial charge in [-0.15, -0.1) is 0 Å². The number of carboxylic acid groups (broad SMARTS) is 2. The fourth-order valence-electron chi connectivity index (χ4n) is 3.77. The van der Waals surface area contributed by atoms with Gasteiger partial charge >= 0.3 is 30.8 Å². The molecule has 0 rings (SSSR count). The van der Waals surface area contributed by atoms with Crippen LogP contribution in [0.2, 0.25) is 0 Å². The van der Waals surface area contributed by atoms with Crippen molar-refractivity contribution in [3.63, 3.8) is 0 Å². The molecule has 0 spiro atoms. The van der Waals surface area contributed by atoms with Crippen LogP contribution in [0.25, 0.3) is 0 Å². The van der Waals surface area contributed by atoms with Gasteiger partial charge in [-0.2, -0.15) is 0 Å². The van der Waals surface area contributed by atoms with Crippen LogP contribution < -0.4 is 0 Å². The van der Waals surface area contributed by atoms with E-state index in [9.17, 15) is 19.8 Å². The van der Waals surface area contributed by atoms with Gasteiger partial charge in [-0.1, -0.05) is 117 Å². The van der Waals surface area contributed by atoms with Gasteiger partial charge in [0.05, 0.1) is 0 Å². The molecule has 0 saturated heterocycles. The normalized spacial score (nSPS) is 11.2. The Hall–Kier alpha value is -0.463. The van der Waals surface area contributed by atoms with E-state index in [1.54, 1.807) is 0 Å². The molecular weight excluding hydrogens is 347 g/mol. The molecule has 0 aromatic heterocycles. The zero-order chi connectivity index (χ0) is 20.4. The van der Waals surface area contributed by atoms with Gasteiger partial charge in [-0.25, -0.2) is 0 Å². The number of hydrogen-bond donors (Lipinski definition) is 2. The molecule has 0 aliphatic rings. The first-order valence-corrected chi connectivity index (χ1v) is 11.5. The van der Waals surface area contributed by atoms with E-state index in [0.29, 0.717) is 12.8 Å². The number of carbonyl (C=O) groups is 2. The Bertz CT molecular complexity index is 349. The monoisotopic (exact) mass is 392 g/mol. The molecule has 2 N–H and O–H groups in total. The van der Waals surface area contributed by atoms with Gasteiger partial charge in [0, 0.05) is 0 Å². The molecule has 0 atom stereocenters. The van der Waals surface area contributed by atoms with Gasteiger partial charge in [0.25, 0.3) is 0 Å². The molecule has 0 aliphatic carbocycles. The standard InChI is InChI=1S/C23H44O4.Li.H/c1-3-5-7-9-11-13-15-17-19-23(21(24)25,22(26)27)20-18-16-14-12-10-8-6-4-2;;/h3-20H2,1-2H3,(H,24,25)(H,26,27);;. The summed E-state index contributed by atoms with van der Waals surface area (Å²) in [7, 11) is 0. The number of rotatable bonds is 20. The van der Waals surface area contributed by atoms with Crippen LogP contribution in [0.15, 0.2) is 0 Å². The number of hydrogen-bond acceptors (Lipinski definition) is 2. The molecule has 4 nitrogen and oxygen atoms in total. The van der Waals surface area contributed by atoms with Crippen molar-refractivity contribution in [2.45, 2.75) is 129 Å². The van der Waals surface area contributed by atoms with Gasteiger partial charge < -0.3 is 10.2 Å². The molecule has 0 unspecified atom stereocenters. The van der Waals surface area contributed by atoms with Crippen molar-refractivity contribution >= 4 is 30.8 Å². The first-order valence-electron chi connectivity index (χ1n) is 11.5. The first kappa shape index (κ1) is 29.7. The third kappa shape index (κ3) is 13.7. The number of unbranched alkanes of at least 4 members (excludes halogenated alkanes) is 14. The third-order valence-corrected chi connectivity index (χ3v) is 5.73. The molecule has 0 radical (unpaired) electrons. The van der Waals surface area contributed by atoms with Crippen molar-refractivity contribution in [3.05, 3.63) is 0 Å². The third-order valence-electron chi connectivity index (χ3n) is 5.73. The summed E-state index contributed by atoms with van der Waals surface area (Å²) in [5.41, 5.74) is -1.58. The molecule has 0 aliphatic heterocycles. The van der Waals surface area contributed by atoms with E-state index >= 15 is 0 Å². The van der Waals surface area contributed by atoms with Gasteiger partial charge in [0.2, 0.25) is 0 Å². The van der Waals surface area contributed by atoms with Crippen molar-refractivity contribution in [1.29, 1.82) is 0 Å². The Kier molecular flexibility index (Phi) is 21.1. The van der Waals surface area contributed by atoms with Crippen LogP contribution in [0.5, 0.6) is 0 Å². The van der Waals surface area contributed by atoms with Crippen LogP contribution in [-0.4, -0.2) is 41.0 Å². The van der Waals surface area contributed by atoms with E-state index < -0.39 is 17.4 Å². The van der Waals surface area contributed by atoms with Gasteiger partial charge in [-0.05, 0) is 12.8 Å². The van der Waals surface area contributed by atoms with Crippen molar-refractivity contribution in [1.82, 2.24) is 0 Å². The molecule has 0 bridgehead atoms. The van der Waals surface area contributed by atoms with Crippen molar-refractivity contribution in [2.24, 2.45) is 5.41 Å². The Labute approximate surface area is 185 Å². The van der Waals surface area contributed by atoms with Crippen LogP contribution >= 0.6 is 0 Å². The zero-order valence-corrected chi connectivity index (χ0v) is 17.9. The number of carboxylic acids is 2. The second kappa shape index (κ2) is 19.8. The van der Waals surface area contributed by atoms with E-state index in [1.807, 2.05) is 0 Å². The summed E-state index contributed by atoms with van der Waals surface area (Å²) in [6.07, 6.45) is 18.3.